The minimum Gasteiger partial charge on any atom is -0.497 e. The molecule has 5 nitrogen and oxygen atoms in total. The summed E-state index contributed by atoms with van der Waals surface area (Å²) in [4.78, 5) is 28.7. The molecule has 184 valence electrons. The molecule has 0 fully saturated rings. The summed E-state index contributed by atoms with van der Waals surface area (Å²) < 4.78 is 19.8. The van der Waals surface area contributed by atoms with Gasteiger partial charge >= 0.3 is 0 Å². The van der Waals surface area contributed by atoms with Crippen LogP contribution in [-0.4, -0.2) is 35.4 Å². The van der Waals surface area contributed by atoms with Crippen LogP contribution in [0, 0.1) is 5.82 Å². The molecule has 35 heavy (non-hydrogen) atoms. The maximum Gasteiger partial charge on any atom is 0.243 e. The van der Waals surface area contributed by atoms with Gasteiger partial charge in [-0.15, -0.1) is 0 Å². The number of carbonyl (C=O) groups is 2. The van der Waals surface area contributed by atoms with Gasteiger partial charge in [0.25, 0.3) is 0 Å². The second-order valence-corrected chi connectivity index (χ2v) is 9.58. The Morgan fingerprint density at radius 1 is 0.914 bits per heavy atom. The Kier molecular flexibility index (Phi) is 8.63. The average molecular weight is 477 g/mol. The molecule has 1 N–H and O–H groups in total. The van der Waals surface area contributed by atoms with E-state index < -0.39 is 17.4 Å². The first-order valence-electron chi connectivity index (χ1n) is 11.7. The van der Waals surface area contributed by atoms with Gasteiger partial charge in [0.05, 0.1) is 13.5 Å². The van der Waals surface area contributed by atoms with Crippen molar-refractivity contribution in [3.8, 4) is 5.75 Å². The van der Waals surface area contributed by atoms with Crippen LogP contribution in [0.1, 0.15) is 37.5 Å². The molecule has 0 saturated carbocycles. The predicted molar refractivity (Wildman–Crippen MR) is 135 cm³/mol. The van der Waals surface area contributed by atoms with E-state index in [-0.39, 0.29) is 24.8 Å². The van der Waals surface area contributed by atoms with Gasteiger partial charge in [0.15, 0.2) is 0 Å². The predicted octanol–water partition coefficient (Wildman–Crippen LogP) is 4.93. The Bertz CT molecular complexity index is 1120. The lowest BCUT2D eigenvalue weighted by molar-refractivity contribution is -0.141. The van der Waals surface area contributed by atoms with Crippen LogP contribution in [0.2, 0.25) is 0 Å². The van der Waals surface area contributed by atoms with Crippen LogP contribution in [0.3, 0.4) is 0 Å². The summed E-state index contributed by atoms with van der Waals surface area (Å²) >= 11 is 0. The van der Waals surface area contributed by atoms with Crippen molar-refractivity contribution in [3.05, 3.63) is 101 Å². The topological polar surface area (TPSA) is 58.6 Å². The molecule has 0 bridgehead atoms. The number of hydrogen-bond donors (Lipinski definition) is 1. The second kappa shape index (κ2) is 11.6. The molecule has 0 aromatic heterocycles. The van der Waals surface area contributed by atoms with E-state index in [9.17, 15) is 14.0 Å². The van der Waals surface area contributed by atoms with Gasteiger partial charge in [0, 0.05) is 24.1 Å². The lowest BCUT2D eigenvalue weighted by Gasteiger charge is -2.34. The first-order chi connectivity index (χ1) is 16.7. The minimum absolute atomic E-state index is 0.0171. The highest BCUT2D eigenvalue weighted by Crippen LogP contribution is 2.20. The highest BCUT2D eigenvalue weighted by molar-refractivity contribution is 5.89. The van der Waals surface area contributed by atoms with Gasteiger partial charge in [-0.05, 0) is 50.1 Å². The average Bonchev–Trinajstić information content (AvgIpc) is 2.82. The van der Waals surface area contributed by atoms with Crippen molar-refractivity contribution in [2.75, 3.05) is 7.11 Å². The number of benzene rings is 3. The summed E-state index contributed by atoms with van der Waals surface area (Å²) in [6.07, 6.45) is 0.387. The number of amides is 2. The van der Waals surface area contributed by atoms with Gasteiger partial charge in [0.1, 0.15) is 17.6 Å². The van der Waals surface area contributed by atoms with Crippen molar-refractivity contribution in [3.63, 3.8) is 0 Å². The van der Waals surface area contributed by atoms with Crippen LogP contribution in [0.5, 0.6) is 5.75 Å². The fraction of sp³-hybridized carbons (Fsp3) is 0.310. The second-order valence-electron chi connectivity index (χ2n) is 9.58. The van der Waals surface area contributed by atoms with E-state index in [2.05, 4.69) is 5.32 Å². The molecule has 3 aromatic rings. The Balaban J connectivity index is 1.98. The summed E-state index contributed by atoms with van der Waals surface area (Å²) in [5.74, 6) is -0.260. The SMILES string of the molecule is COc1ccc(CC(=O)N(Cc2ccccc2F)C(Cc2ccccc2)C(=O)NC(C)(C)C)cc1. The van der Waals surface area contributed by atoms with Crippen molar-refractivity contribution < 1.29 is 18.7 Å². The molecule has 0 radical (unpaired) electrons. The van der Waals surface area contributed by atoms with E-state index in [1.54, 1.807) is 37.4 Å². The molecular formula is C29H33FN2O3. The zero-order chi connectivity index (χ0) is 25.4. The van der Waals surface area contributed by atoms with E-state index in [1.165, 1.54) is 11.0 Å². The van der Waals surface area contributed by atoms with Crippen molar-refractivity contribution >= 4 is 11.8 Å². The number of ether oxygens (including phenoxy) is 1. The van der Waals surface area contributed by atoms with Crippen molar-refractivity contribution in [2.45, 2.75) is 51.7 Å². The van der Waals surface area contributed by atoms with E-state index in [4.69, 9.17) is 4.74 Å². The fourth-order valence-corrected chi connectivity index (χ4v) is 3.84. The quantitative estimate of drug-likeness (QED) is 0.476. The molecule has 1 unspecified atom stereocenters. The Morgan fingerprint density at radius 2 is 1.54 bits per heavy atom. The molecule has 6 heteroatoms. The largest absolute Gasteiger partial charge is 0.497 e. The van der Waals surface area contributed by atoms with Crippen LogP contribution in [-0.2, 0) is 29.0 Å². The van der Waals surface area contributed by atoms with E-state index in [0.717, 1.165) is 11.1 Å². The van der Waals surface area contributed by atoms with Crippen LogP contribution in [0.4, 0.5) is 4.39 Å². The number of halogens is 1. The van der Waals surface area contributed by atoms with Crippen LogP contribution < -0.4 is 10.1 Å². The first-order valence-corrected chi connectivity index (χ1v) is 11.7. The molecule has 1 atom stereocenters. The molecule has 3 rings (SSSR count). The van der Waals surface area contributed by atoms with Gasteiger partial charge in [-0.2, -0.15) is 0 Å². The lowest BCUT2D eigenvalue weighted by Crippen LogP contribution is -2.54. The minimum atomic E-state index is -0.818. The van der Waals surface area contributed by atoms with Crippen molar-refractivity contribution in [1.29, 1.82) is 0 Å². The van der Waals surface area contributed by atoms with Crippen LogP contribution >= 0.6 is 0 Å². The summed E-state index contributed by atoms with van der Waals surface area (Å²) in [5, 5.41) is 3.01. The van der Waals surface area contributed by atoms with Gasteiger partial charge in [-0.1, -0.05) is 60.7 Å². The zero-order valence-electron chi connectivity index (χ0n) is 20.8. The number of hydrogen-bond acceptors (Lipinski definition) is 3. The Hall–Kier alpha value is -3.67. The number of rotatable bonds is 9. The first kappa shape index (κ1) is 25.9. The van der Waals surface area contributed by atoms with Gasteiger partial charge in [-0.3, -0.25) is 9.59 Å². The van der Waals surface area contributed by atoms with Crippen molar-refractivity contribution in [2.24, 2.45) is 0 Å². The molecular weight excluding hydrogens is 443 g/mol. The number of nitrogens with one attached hydrogen (secondary N) is 1. The third-order valence-corrected chi connectivity index (χ3v) is 5.58. The molecule has 0 saturated heterocycles. The highest BCUT2D eigenvalue weighted by atomic mass is 19.1. The number of methoxy groups -OCH3 is 1. The van der Waals surface area contributed by atoms with Crippen LogP contribution in [0.25, 0.3) is 0 Å². The number of carbonyl (C=O) groups excluding carboxylic acids is 2. The summed E-state index contributed by atoms with van der Waals surface area (Å²) in [7, 11) is 1.58. The molecule has 0 aliphatic carbocycles. The smallest absolute Gasteiger partial charge is 0.243 e. The fourth-order valence-electron chi connectivity index (χ4n) is 3.84. The lowest BCUT2D eigenvalue weighted by atomic mass is 9.99. The molecule has 0 heterocycles. The number of nitrogens with zero attached hydrogens (tertiary/aromatic N) is 1. The highest BCUT2D eigenvalue weighted by Gasteiger charge is 2.32. The zero-order valence-corrected chi connectivity index (χ0v) is 20.8. The van der Waals surface area contributed by atoms with E-state index in [1.807, 2.05) is 63.2 Å². The Labute approximate surface area is 206 Å². The molecule has 0 aliphatic heterocycles. The van der Waals surface area contributed by atoms with Crippen molar-refractivity contribution in [1.82, 2.24) is 10.2 Å². The summed E-state index contributed by atoms with van der Waals surface area (Å²) in [6, 6.07) is 22.3. The maximum atomic E-state index is 14.6. The van der Waals surface area contributed by atoms with Gasteiger partial charge < -0.3 is 15.0 Å². The molecule has 3 aromatic carbocycles. The van der Waals surface area contributed by atoms with Gasteiger partial charge in [-0.25, -0.2) is 4.39 Å². The van der Waals surface area contributed by atoms with E-state index >= 15 is 0 Å². The molecule has 0 aliphatic rings. The standard InChI is InChI=1S/C29H33FN2O3/c1-29(2,3)31-28(34)26(18-21-10-6-5-7-11-21)32(20-23-12-8-9-13-25(23)30)27(33)19-22-14-16-24(35-4)17-15-22/h5-17,26H,18-20H2,1-4H3,(H,31,34). The molecule has 0 spiro atoms. The normalized spacial score (nSPS) is 12.0. The monoisotopic (exact) mass is 476 g/mol. The van der Waals surface area contributed by atoms with E-state index in [0.29, 0.717) is 17.7 Å². The summed E-state index contributed by atoms with van der Waals surface area (Å²) in [5.41, 5.74) is 1.56. The van der Waals surface area contributed by atoms with Gasteiger partial charge in [0.2, 0.25) is 11.8 Å². The third kappa shape index (κ3) is 7.67. The Morgan fingerprint density at radius 3 is 2.14 bits per heavy atom. The summed E-state index contributed by atoms with van der Waals surface area (Å²) in [6.45, 7) is 5.66. The maximum absolute atomic E-state index is 14.6. The third-order valence-electron chi connectivity index (χ3n) is 5.58. The molecule has 2 amide bonds. The van der Waals surface area contributed by atoms with Crippen LogP contribution in [0.15, 0.2) is 78.9 Å².